The molecule has 0 amide bonds. The van der Waals surface area contributed by atoms with Gasteiger partial charge in [-0.2, -0.15) is 0 Å². The average molecular weight is 260 g/mol. The number of nitrogens with one attached hydrogen (secondary N) is 1. The Balaban J connectivity index is 2.14. The number of thiophene rings is 2. The van der Waals surface area contributed by atoms with E-state index < -0.39 is 0 Å². The van der Waals surface area contributed by atoms with Crippen LogP contribution >= 0.6 is 22.7 Å². The lowest BCUT2D eigenvalue weighted by atomic mass is 10.1. The van der Waals surface area contributed by atoms with Crippen molar-refractivity contribution in [3.8, 4) is 21.0 Å². The first-order chi connectivity index (χ1) is 8.40. The maximum atomic E-state index is 5.90. The first-order valence-electron chi connectivity index (χ1n) is 5.38. The number of hydrogen-bond donors (Lipinski definition) is 2. The summed E-state index contributed by atoms with van der Waals surface area (Å²) in [7, 11) is 0. The largest absolute Gasteiger partial charge is 0.360 e. The first kappa shape index (κ1) is 10.8. The standard InChI is InChI=1S/C13H12N2S2/c14-7-9-10(11-3-1-5-16-11)8-15-13(9)12-4-2-6-17-12/h1-6,8,15H,7,14H2. The van der Waals surface area contributed by atoms with Crippen molar-refractivity contribution >= 4 is 22.7 Å². The maximum Gasteiger partial charge on any atom is 0.0607 e. The summed E-state index contributed by atoms with van der Waals surface area (Å²) in [6, 6.07) is 8.38. The predicted octanol–water partition coefficient (Wildman–Crippen LogP) is 3.93. The zero-order chi connectivity index (χ0) is 11.7. The Bertz CT molecular complexity index is 540. The second-order valence-electron chi connectivity index (χ2n) is 3.71. The number of nitrogens with two attached hydrogens (primary N) is 1. The van der Waals surface area contributed by atoms with E-state index >= 15 is 0 Å². The number of aromatic amines is 1. The molecule has 0 aromatic carbocycles. The van der Waals surface area contributed by atoms with E-state index in [0.717, 1.165) is 5.69 Å². The molecule has 0 aliphatic heterocycles. The Kier molecular flexibility index (Phi) is 2.84. The second-order valence-corrected chi connectivity index (χ2v) is 5.61. The quantitative estimate of drug-likeness (QED) is 0.736. The van der Waals surface area contributed by atoms with Gasteiger partial charge in [0.2, 0.25) is 0 Å². The van der Waals surface area contributed by atoms with Crippen LogP contribution in [0, 0.1) is 0 Å². The minimum atomic E-state index is 0.559. The van der Waals surface area contributed by atoms with Crippen molar-refractivity contribution in [3.05, 3.63) is 46.8 Å². The SMILES string of the molecule is NCc1c(-c2cccs2)c[nH]c1-c1cccs1. The van der Waals surface area contributed by atoms with Gasteiger partial charge in [-0.25, -0.2) is 0 Å². The predicted molar refractivity (Wildman–Crippen MR) is 75.3 cm³/mol. The molecule has 3 heterocycles. The van der Waals surface area contributed by atoms with Crippen molar-refractivity contribution in [2.24, 2.45) is 5.73 Å². The number of aromatic nitrogens is 1. The third kappa shape index (κ3) is 1.84. The van der Waals surface area contributed by atoms with Crippen LogP contribution in [-0.2, 0) is 6.54 Å². The average Bonchev–Trinajstić information content (AvgIpc) is 3.09. The molecule has 0 atom stereocenters. The van der Waals surface area contributed by atoms with E-state index in [-0.39, 0.29) is 0 Å². The zero-order valence-electron chi connectivity index (χ0n) is 9.14. The molecule has 2 nitrogen and oxygen atoms in total. The molecule has 86 valence electrons. The van der Waals surface area contributed by atoms with Crippen LogP contribution in [-0.4, -0.2) is 4.98 Å². The van der Waals surface area contributed by atoms with Crippen molar-refractivity contribution in [3.63, 3.8) is 0 Å². The molecular weight excluding hydrogens is 248 g/mol. The highest BCUT2D eigenvalue weighted by atomic mass is 32.1. The van der Waals surface area contributed by atoms with E-state index in [1.165, 1.54) is 20.9 Å². The lowest BCUT2D eigenvalue weighted by Gasteiger charge is -2.01. The van der Waals surface area contributed by atoms with E-state index in [0.29, 0.717) is 6.54 Å². The van der Waals surface area contributed by atoms with Gasteiger partial charge < -0.3 is 10.7 Å². The summed E-state index contributed by atoms with van der Waals surface area (Å²) < 4.78 is 0. The second kappa shape index (κ2) is 4.49. The maximum absolute atomic E-state index is 5.90. The molecule has 0 unspecified atom stereocenters. The van der Waals surface area contributed by atoms with Gasteiger partial charge in [-0.05, 0) is 22.9 Å². The molecule has 0 aliphatic rings. The van der Waals surface area contributed by atoms with Gasteiger partial charge in [-0.3, -0.25) is 0 Å². The van der Waals surface area contributed by atoms with Crippen molar-refractivity contribution in [2.45, 2.75) is 6.54 Å². The molecule has 3 aromatic rings. The van der Waals surface area contributed by atoms with Crippen LogP contribution in [0.5, 0.6) is 0 Å². The molecule has 0 aliphatic carbocycles. The molecule has 17 heavy (non-hydrogen) atoms. The highest BCUT2D eigenvalue weighted by Crippen LogP contribution is 2.35. The normalized spacial score (nSPS) is 10.9. The Morgan fingerprint density at radius 3 is 2.35 bits per heavy atom. The number of rotatable bonds is 3. The van der Waals surface area contributed by atoms with Gasteiger partial charge in [0.05, 0.1) is 10.6 Å². The molecule has 0 fully saturated rings. The Labute approximate surface area is 108 Å². The zero-order valence-corrected chi connectivity index (χ0v) is 10.8. The van der Waals surface area contributed by atoms with Crippen molar-refractivity contribution in [1.29, 1.82) is 0 Å². The smallest absolute Gasteiger partial charge is 0.0607 e. The summed E-state index contributed by atoms with van der Waals surface area (Å²) in [5, 5.41) is 4.18. The molecule has 3 N–H and O–H groups in total. The molecule has 3 aromatic heterocycles. The monoisotopic (exact) mass is 260 g/mol. The summed E-state index contributed by atoms with van der Waals surface area (Å²) in [4.78, 5) is 5.86. The van der Waals surface area contributed by atoms with Crippen LogP contribution in [0.25, 0.3) is 21.0 Å². The van der Waals surface area contributed by atoms with Crippen LogP contribution in [0.15, 0.2) is 41.2 Å². The van der Waals surface area contributed by atoms with E-state index in [4.69, 9.17) is 5.73 Å². The van der Waals surface area contributed by atoms with Gasteiger partial charge in [0.25, 0.3) is 0 Å². The minimum Gasteiger partial charge on any atom is -0.360 e. The summed E-state index contributed by atoms with van der Waals surface area (Å²) >= 11 is 3.48. The number of hydrogen-bond acceptors (Lipinski definition) is 3. The van der Waals surface area contributed by atoms with Crippen molar-refractivity contribution in [1.82, 2.24) is 4.98 Å². The Morgan fingerprint density at radius 2 is 1.76 bits per heavy atom. The van der Waals surface area contributed by atoms with Gasteiger partial charge in [0.15, 0.2) is 0 Å². The molecule has 3 rings (SSSR count). The molecule has 0 saturated carbocycles. The summed E-state index contributed by atoms with van der Waals surface area (Å²) in [6.45, 7) is 0.559. The fraction of sp³-hybridized carbons (Fsp3) is 0.0769. The molecule has 4 heteroatoms. The molecule has 0 spiro atoms. The fourth-order valence-electron chi connectivity index (χ4n) is 1.96. The number of H-pyrrole nitrogens is 1. The van der Waals surface area contributed by atoms with Crippen LogP contribution in [0.2, 0.25) is 0 Å². The fourth-order valence-corrected chi connectivity index (χ4v) is 3.49. The van der Waals surface area contributed by atoms with Crippen LogP contribution in [0.1, 0.15) is 5.56 Å². The Morgan fingerprint density at radius 1 is 1.06 bits per heavy atom. The Hall–Kier alpha value is -1.36. The highest BCUT2D eigenvalue weighted by Gasteiger charge is 2.13. The molecule has 0 radical (unpaired) electrons. The van der Waals surface area contributed by atoms with Crippen LogP contribution < -0.4 is 5.73 Å². The van der Waals surface area contributed by atoms with Crippen LogP contribution in [0.4, 0.5) is 0 Å². The summed E-state index contributed by atoms with van der Waals surface area (Å²) in [6.07, 6.45) is 2.06. The van der Waals surface area contributed by atoms with Gasteiger partial charge in [0.1, 0.15) is 0 Å². The summed E-state index contributed by atoms with van der Waals surface area (Å²) in [5.74, 6) is 0. The van der Waals surface area contributed by atoms with Crippen molar-refractivity contribution < 1.29 is 0 Å². The lowest BCUT2D eigenvalue weighted by Crippen LogP contribution is -1.97. The van der Waals surface area contributed by atoms with E-state index in [2.05, 4.69) is 46.2 Å². The molecular formula is C13H12N2S2. The van der Waals surface area contributed by atoms with Gasteiger partial charge in [0, 0.05) is 28.7 Å². The van der Waals surface area contributed by atoms with Crippen LogP contribution in [0.3, 0.4) is 0 Å². The van der Waals surface area contributed by atoms with Gasteiger partial charge >= 0.3 is 0 Å². The third-order valence-electron chi connectivity index (χ3n) is 2.75. The van der Waals surface area contributed by atoms with Gasteiger partial charge in [-0.1, -0.05) is 12.1 Å². The molecule has 0 saturated heterocycles. The van der Waals surface area contributed by atoms with Crippen molar-refractivity contribution in [2.75, 3.05) is 0 Å². The highest BCUT2D eigenvalue weighted by molar-refractivity contribution is 7.14. The van der Waals surface area contributed by atoms with E-state index in [1.807, 2.05) is 0 Å². The molecule has 0 bridgehead atoms. The third-order valence-corrected chi connectivity index (χ3v) is 4.54. The summed E-state index contributed by atoms with van der Waals surface area (Å²) in [5.41, 5.74) is 9.49. The lowest BCUT2D eigenvalue weighted by molar-refractivity contribution is 1.08. The van der Waals surface area contributed by atoms with Gasteiger partial charge in [-0.15, -0.1) is 22.7 Å². The topological polar surface area (TPSA) is 41.8 Å². The first-order valence-corrected chi connectivity index (χ1v) is 7.14. The van der Waals surface area contributed by atoms with E-state index in [1.54, 1.807) is 22.7 Å². The van der Waals surface area contributed by atoms with E-state index in [9.17, 15) is 0 Å². The minimum absolute atomic E-state index is 0.559.